The van der Waals surface area contributed by atoms with Gasteiger partial charge in [-0.2, -0.15) is 13.2 Å². The zero-order valence-corrected chi connectivity index (χ0v) is 18.5. The number of halogens is 3. The van der Waals surface area contributed by atoms with Crippen LogP contribution in [0.5, 0.6) is 0 Å². The monoisotopic (exact) mass is 485 g/mol. The van der Waals surface area contributed by atoms with E-state index < -0.39 is 17.6 Å². The number of anilines is 2. The van der Waals surface area contributed by atoms with Crippen LogP contribution in [0.4, 0.5) is 30.4 Å². The van der Waals surface area contributed by atoms with Crippen molar-refractivity contribution < 1.29 is 22.9 Å². The molecule has 1 saturated heterocycles. The molecule has 2 heterocycles. The number of hydrogen-bond donors (Lipinski definition) is 1. The third kappa shape index (κ3) is 5.93. The molecule has 0 spiro atoms. The van der Waals surface area contributed by atoms with E-state index in [0.717, 1.165) is 30.1 Å². The summed E-state index contributed by atoms with van der Waals surface area (Å²) in [7, 11) is 0. The molecule has 0 unspecified atom stereocenters. The maximum absolute atomic E-state index is 12.7. The number of amides is 1. The Morgan fingerprint density at radius 2 is 1.69 bits per heavy atom. The van der Waals surface area contributed by atoms with Gasteiger partial charge in [-0.25, -0.2) is 4.98 Å². The number of carbonyl (C=O) groups is 1. The van der Waals surface area contributed by atoms with Crippen molar-refractivity contribution in [3.63, 3.8) is 0 Å². The molecule has 1 fully saturated rings. The van der Waals surface area contributed by atoms with Crippen LogP contribution in [0.1, 0.15) is 21.5 Å². The maximum atomic E-state index is 12.7. The van der Waals surface area contributed by atoms with Gasteiger partial charge in [-0.3, -0.25) is 19.8 Å². The topological polar surface area (TPSA) is 91.6 Å². The van der Waals surface area contributed by atoms with E-state index in [4.69, 9.17) is 0 Å². The highest BCUT2D eigenvalue weighted by Crippen LogP contribution is 2.29. The zero-order valence-electron chi connectivity index (χ0n) is 18.5. The Bertz CT molecular complexity index is 1190. The smallest absolute Gasteiger partial charge is 0.354 e. The molecule has 11 heteroatoms. The van der Waals surface area contributed by atoms with Crippen LogP contribution in [0.3, 0.4) is 0 Å². The normalized spacial score (nSPS) is 14.5. The molecule has 0 bridgehead atoms. The predicted octanol–water partition coefficient (Wildman–Crippen LogP) is 4.58. The molecule has 4 rings (SSSR count). The largest absolute Gasteiger partial charge is 0.416 e. The van der Waals surface area contributed by atoms with Crippen LogP contribution >= 0.6 is 0 Å². The van der Waals surface area contributed by atoms with Crippen molar-refractivity contribution in [3.8, 4) is 0 Å². The molecule has 3 aromatic rings. The molecule has 1 aliphatic rings. The van der Waals surface area contributed by atoms with Crippen LogP contribution in [0.2, 0.25) is 0 Å². The Labute approximate surface area is 199 Å². The first-order valence-corrected chi connectivity index (χ1v) is 10.8. The van der Waals surface area contributed by atoms with Crippen molar-refractivity contribution in [2.75, 3.05) is 36.4 Å². The number of nitrogens with zero attached hydrogens (tertiary/aromatic N) is 4. The van der Waals surface area contributed by atoms with E-state index >= 15 is 0 Å². The first-order valence-electron chi connectivity index (χ1n) is 10.8. The number of carbonyl (C=O) groups excluding carboxylic acids is 1. The van der Waals surface area contributed by atoms with Crippen LogP contribution in [-0.4, -0.2) is 46.9 Å². The Kier molecular flexibility index (Phi) is 6.97. The van der Waals surface area contributed by atoms with E-state index in [1.165, 1.54) is 12.3 Å². The fourth-order valence-corrected chi connectivity index (χ4v) is 3.86. The van der Waals surface area contributed by atoms with Gasteiger partial charge in [-0.1, -0.05) is 18.2 Å². The molecule has 2 aromatic carbocycles. The van der Waals surface area contributed by atoms with Crippen molar-refractivity contribution in [2.24, 2.45) is 0 Å². The summed E-state index contributed by atoms with van der Waals surface area (Å²) in [6.07, 6.45) is -2.96. The lowest BCUT2D eigenvalue weighted by Gasteiger charge is -2.35. The molecular weight excluding hydrogens is 463 g/mol. The highest BCUT2D eigenvalue weighted by Gasteiger charge is 2.30. The SMILES string of the molecule is O=C(Nc1ccc(N2CCN(Cc3ccccc3[N+](=O)[O-])CC2)nc1)c1ccc(C(F)(F)F)cc1. The highest BCUT2D eigenvalue weighted by molar-refractivity contribution is 6.04. The molecule has 0 atom stereocenters. The van der Waals surface area contributed by atoms with Gasteiger partial charge in [0.05, 0.1) is 22.4 Å². The van der Waals surface area contributed by atoms with E-state index in [-0.39, 0.29) is 16.2 Å². The molecule has 1 amide bonds. The highest BCUT2D eigenvalue weighted by atomic mass is 19.4. The van der Waals surface area contributed by atoms with Crippen LogP contribution < -0.4 is 10.2 Å². The standard InChI is InChI=1S/C24H22F3N5O3/c25-24(26,27)19-7-5-17(6-8-19)23(33)29-20-9-10-22(28-15-20)31-13-11-30(12-14-31)16-18-3-1-2-4-21(18)32(34)35/h1-10,15H,11-14,16H2,(H,29,33). The van der Waals surface area contributed by atoms with Gasteiger partial charge in [0.1, 0.15) is 5.82 Å². The molecule has 0 aliphatic carbocycles. The fourth-order valence-electron chi connectivity index (χ4n) is 3.86. The summed E-state index contributed by atoms with van der Waals surface area (Å²) in [5, 5.41) is 13.9. The number of para-hydroxylation sites is 1. The van der Waals surface area contributed by atoms with E-state index in [9.17, 15) is 28.1 Å². The molecule has 1 aliphatic heterocycles. The number of hydrogen-bond acceptors (Lipinski definition) is 6. The van der Waals surface area contributed by atoms with Crippen molar-refractivity contribution >= 4 is 23.1 Å². The van der Waals surface area contributed by atoms with Crippen LogP contribution in [0, 0.1) is 10.1 Å². The van der Waals surface area contributed by atoms with E-state index in [0.29, 0.717) is 44.0 Å². The van der Waals surface area contributed by atoms with Crippen molar-refractivity contribution in [3.05, 3.63) is 93.7 Å². The number of nitrogens with one attached hydrogen (secondary N) is 1. The van der Waals surface area contributed by atoms with Crippen LogP contribution in [-0.2, 0) is 12.7 Å². The summed E-state index contributed by atoms with van der Waals surface area (Å²) in [5.41, 5.74) is 0.510. The third-order valence-corrected chi connectivity index (χ3v) is 5.76. The van der Waals surface area contributed by atoms with Gasteiger partial charge in [0, 0.05) is 49.9 Å². The summed E-state index contributed by atoms with van der Waals surface area (Å²) in [6.45, 7) is 3.28. The molecule has 1 aromatic heterocycles. The maximum Gasteiger partial charge on any atom is 0.416 e. The van der Waals surface area contributed by atoms with E-state index in [2.05, 4.69) is 20.1 Å². The van der Waals surface area contributed by atoms with Gasteiger partial charge in [-0.05, 0) is 36.4 Å². The van der Waals surface area contributed by atoms with Gasteiger partial charge in [0.15, 0.2) is 0 Å². The first kappa shape index (κ1) is 24.1. The van der Waals surface area contributed by atoms with Gasteiger partial charge in [0.25, 0.3) is 11.6 Å². The van der Waals surface area contributed by atoms with Crippen molar-refractivity contribution in [1.82, 2.24) is 9.88 Å². The number of rotatable bonds is 6. The second-order valence-corrected chi connectivity index (χ2v) is 8.08. The summed E-state index contributed by atoms with van der Waals surface area (Å²) in [4.78, 5) is 31.8. The molecule has 1 N–H and O–H groups in total. The number of alkyl halides is 3. The molecule has 35 heavy (non-hydrogen) atoms. The average Bonchev–Trinajstić information content (AvgIpc) is 2.85. The number of benzene rings is 2. The van der Waals surface area contributed by atoms with Gasteiger partial charge in [-0.15, -0.1) is 0 Å². The minimum absolute atomic E-state index is 0.108. The summed E-state index contributed by atoms with van der Waals surface area (Å²) >= 11 is 0. The number of nitro groups is 1. The lowest BCUT2D eigenvalue weighted by Crippen LogP contribution is -2.46. The summed E-state index contributed by atoms with van der Waals surface area (Å²) < 4.78 is 38.1. The number of piperazine rings is 1. The van der Waals surface area contributed by atoms with Gasteiger partial charge < -0.3 is 10.2 Å². The quantitative estimate of drug-likeness (QED) is 0.406. The molecular formula is C24H22F3N5O3. The number of nitro benzene ring substituents is 1. The average molecular weight is 485 g/mol. The summed E-state index contributed by atoms with van der Waals surface area (Å²) in [5.74, 6) is 0.194. The van der Waals surface area contributed by atoms with E-state index in [1.807, 2.05) is 0 Å². The first-order chi connectivity index (χ1) is 16.7. The Balaban J connectivity index is 1.31. The number of pyridine rings is 1. The second-order valence-electron chi connectivity index (χ2n) is 8.08. The Hall–Kier alpha value is -3.99. The minimum atomic E-state index is -4.46. The Morgan fingerprint density at radius 1 is 1.00 bits per heavy atom. The molecule has 0 saturated carbocycles. The number of aromatic nitrogens is 1. The second kappa shape index (κ2) is 10.1. The van der Waals surface area contributed by atoms with Gasteiger partial charge in [0.2, 0.25) is 0 Å². The van der Waals surface area contributed by atoms with E-state index in [1.54, 1.807) is 30.3 Å². The van der Waals surface area contributed by atoms with Crippen molar-refractivity contribution in [2.45, 2.75) is 12.7 Å². The zero-order chi connectivity index (χ0) is 25.0. The lowest BCUT2D eigenvalue weighted by atomic mass is 10.1. The predicted molar refractivity (Wildman–Crippen MR) is 124 cm³/mol. The molecule has 182 valence electrons. The molecule has 8 nitrogen and oxygen atoms in total. The third-order valence-electron chi connectivity index (χ3n) is 5.76. The van der Waals surface area contributed by atoms with Crippen LogP contribution in [0.25, 0.3) is 0 Å². The Morgan fingerprint density at radius 3 is 2.29 bits per heavy atom. The van der Waals surface area contributed by atoms with Crippen molar-refractivity contribution in [1.29, 1.82) is 0 Å². The van der Waals surface area contributed by atoms with Gasteiger partial charge >= 0.3 is 6.18 Å². The minimum Gasteiger partial charge on any atom is -0.354 e. The van der Waals surface area contributed by atoms with Crippen LogP contribution in [0.15, 0.2) is 66.9 Å². The summed E-state index contributed by atoms with van der Waals surface area (Å²) in [6, 6.07) is 14.2. The molecule has 0 radical (unpaired) electrons. The fraction of sp³-hybridized carbons (Fsp3) is 0.250. The lowest BCUT2D eigenvalue weighted by molar-refractivity contribution is -0.385.